The van der Waals surface area contributed by atoms with Crippen LogP contribution in [-0.2, 0) is 6.42 Å². The number of benzene rings is 1. The van der Waals surface area contributed by atoms with Gasteiger partial charge in [0.25, 0.3) is 5.91 Å². The van der Waals surface area contributed by atoms with Crippen LogP contribution in [0, 0.1) is 6.92 Å². The molecule has 0 aliphatic rings. The highest BCUT2D eigenvalue weighted by atomic mass is 16.2. The molecule has 0 aromatic heterocycles. The number of amides is 1. The Kier molecular flexibility index (Phi) is 7.21. The summed E-state index contributed by atoms with van der Waals surface area (Å²) in [6, 6.07) is 5.59. The predicted molar refractivity (Wildman–Crippen MR) is 68.2 cm³/mol. The van der Waals surface area contributed by atoms with Gasteiger partial charge < -0.3 is 0 Å². The fourth-order valence-corrected chi connectivity index (χ4v) is 1.32. The van der Waals surface area contributed by atoms with Gasteiger partial charge in [0, 0.05) is 5.56 Å². The van der Waals surface area contributed by atoms with Crippen molar-refractivity contribution in [2.75, 3.05) is 0 Å². The fraction of sp³-hybridized carbons (Fsp3) is 0.462. The zero-order valence-corrected chi connectivity index (χ0v) is 10.6. The highest BCUT2D eigenvalue weighted by Crippen LogP contribution is 2.11. The van der Waals surface area contributed by atoms with Gasteiger partial charge in [0.15, 0.2) is 0 Å². The Morgan fingerprint density at radius 1 is 1.31 bits per heavy atom. The van der Waals surface area contributed by atoms with Crippen LogP contribution in [0.4, 0.5) is 0 Å². The normalized spacial score (nSPS) is 9.06. The third-order valence-corrected chi connectivity index (χ3v) is 2.12. The molecule has 1 amide bonds. The van der Waals surface area contributed by atoms with Gasteiger partial charge in [0.1, 0.15) is 0 Å². The van der Waals surface area contributed by atoms with E-state index in [-0.39, 0.29) is 5.91 Å². The second kappa shape index (κ2) is 7.88. The third kappa shape index (κ3) is 4.45. The van der Waals surface area contributed by atoms with E-state index in [1.54, 1.807) is 6.07 Å². The highest BCUT2D eigenvalue weighted by Gasteiger charge is 2.04. The van der Waals surface area contributed by atoms with Crippen LogP contribution in [0.3, 0.4) is 0 Å². The highest BCUT2D eigenvalue weighted by molar-refractivity contribution is 5.93. The van der Waals surface area contributed by atoms with E-state index in [0.29, 0.717) is 5.56 Å². The van der Waals surface area contributed by atoms with Crippen molar-refractivity contribution in [3.05, 3.63) is 34.9 Å². The molecule has 0 saturated carbocycles. The van der Waals surface area contributed by atoms with Gasteiger partial charge in [-0.1, -0.05) is 33.3 Å². The lowest BCUT2D eigenvalue weighted by molar-refractivity contribution is 0.0953. The van der Waals surface area contributed by atoms with Crippen molar-refractivity contribution in [1.82, 2.24) is 5.43 Å². The number of aryl methyl sites for hydroxylation is 2. The lowest BCUT2D eigenvalue weighted by Gasteiger charge is -2.05. The molecule has 0 saturated heterocycles. The van der Waals surface area contributed by atoms with Crippen LogP contribution < -0.4 is 11.3 Å². The van der Waals surface area contributed by atoms with E-state index < -0.39 is 0 Å². The number of carbonyl (C=O) groups excluding carboxylic acids is 1. The summed E-state index contributed by atoms with van der Waals surface area (Å²) < 4.78 is 0. The van der Waals surface area contributed by atoms with Gasteiger partial charge in [-0.05, 0) is 36.6 Å². The Morgan fingerprint density at radius 3 is 2.25 bits per heavy atom. The molecular weight excluding hydrogens is 200 g/mol. The second-order valence-electron chi connectivity index (χ2n) is 3.68. The number of hydrogen-bond donors (Lipinski definition) is 2. The number of nitrogens with two attached hydrogens (primary N) is 1. The molecule has 0 aliphatic carbocycles. The number of nitrogen functional groups attached to an aromatic ring is 1. The number of rotatable bonds is 2. The van der Waals surface area contributed by atoms with Gasteiger partial charge in [-0.3, -0.25) is 10.2 Å². The molecule has 0 fully saturated rings. The average Bonchev–Trinajstić information content (AvgIpc) is 2.29. The van der Waals surface area contributed by atoms with E-state index in [4.69, 9.17) is 5.84 Å². The zero-order chi connectivity index (χ0) is 12.6. The first-order valence-electron chi connectivity index (χ1n) is 5.71. The minimum absolute atomic E-state index is 0.245. The van der Waals surface area contributed by atoms with Crippen molar-refractivity contribution >= 4 is 5.91 Å². The standard InChI is InChI=1S/C10H14N2O.C3H8/c1-3-8-4-5-9(6-7(8)2)10(13)12-11;1-3-2/h4-6H,3,11H2,1-2H3,(H,12,13);3H2,1-2H3. The quantitative estimate of drug-likeness (QED) is 0.459. The van der Waals surface area contributed by atoms with Crippen LogP contribution in [0.15, 0.2) is 18.2 Å². The first-order valence-corrected chi connectivity index (χ1v) is 5.71. The summed E-state index contributed by atoms with van der Waals surface area (Å²) in [7, 11) is 0. The molecule has 16 heavy (non-hydrogen) atoms. The maximum Gasteiger partial charge on any atom is 0.265 e. The minimum atomic E-state index is -0.245. The summed E-state index contributed by atoms with van der Waals surface area (Å²) >= 11 is 0. The van der Waals surface area contributed by atoms with Crippen molar-refractivity contribution in [2.45, 2.75) is 40.5 Å². The van der Waals surface area contributed by atoms with Gasteiger partial charge in [0.2, 0.25) is 0 Å². The third-order valence-electron chi connectivity index (χ3n) is 2.12. The van der Waals surface area contributed by atoms with Crippen molar-refractivity contribution in [1.29, 1.82) is 0 Å². The molecule has 0 aliphatic heterocycles. The van der Waals surface area contributed by atoms with Crippen molar-refractivity contribution in [3.8, 4) is 0 Å². The Morgan fingerprint density at radius 2 is 1.88 bits per heavy atom. The summed E-state index contributed by atoms with van der Waals surface area (Å²) in [5.41, 5.74) is 5.10. The molecule has 1 aromatic rings. The number of hydrazine groups is 1. The van der Waals surface area contributed by atoms with Crippen molar-refractivity contribution < 1.29 is 4.79 Å². The zero-order valence-electron chi connectivity index (χ0n) is 10.6. The smallest absolute Gasteiger partial charge is 0.265 e. The lowest BCUT2D eigenvalue weighted by atomic mass is 10.0. The first kappa shape index (κ1) is 14.6. The number of hydrogen-bond acceptors (Lipinski definition) is 2. The van der Waals surface area contributed by atoms with E-state index in [0.717, 1.165) is 12.0 Å². The van der Waals surface area contributed by atoms with Gasteiger partial charge in [0.05, 0.1) is 0 Å². The molecule has 0 unspecified atom stereocenters. The summed E-state index contributed by atoms with van der Waals surface area (Å²) in [4.78, 5) is 11.1. The predicted octanol–water partition coefficient (Wildman–Crippen LogP) is 2.58. The number of nitrogens with one attached hydrogen (secondary N) is 1. The second-order valence-corrected chi connectivity index (χ2v) is 3.68. The van der Waals surface area contributed by atoms with Crippen LogP contribution in [0.25, 0.3) is 0 Å². The molecular formula is C13H22N2O. The summed E-state index contributed by atoms with van der Waals surface area (Å²) in [5.74, 6) is 4.78. The van der Waals surface area contributed by atoms with Gasteiger partial charge in [-0.15, -0.1) is 0 Å². The van der Waals surface area contributed by atoms with Gasteiger partial charge in [-0.2, -0.15) is 0 Å². The monoisotopic (exact) mass is 222 g/mol. The fourth-order valence-electron chi connectivity index (χ4n) is 1.32. The maximum atomic E-state index is 11.1. The summed E-state index contributed by atoms with van der Waals surface area (Å²) in [6.07, 6.45) is 2.23. The molecule has 3 nitrogen and oxygen atoms in total. The topological polar surface area (TPSA) is 55.1 Å². The van der Waals surface area contributed by atoms with E-state index in [9.17, 15) is 4.79 Å². The Bertz CT molecular complexity index is 335. The van der Waals surface area contributed by atoms with E-state index in [1.165, 1.54) is 12.0 Å². The Balaban J connectivity index is 0.000000673. The van der Waals surface area contributed by atoms with Crippen LogP contribution in [-0.4, -0.2) is 5.91 Å². The molecule has 0 bridgehead atoms. The molecule has 1 aromatic carbocycles. The van der Waals surface area contributed by atoms with Crippen LogP contribution >= 0.6 is 0 Å². The molecule has 3 N–H and O–H groups in total. The molecule has 3 heteroatoms. The SMILES string of the molecule is CCC.CCc1ccc(C(=O)NN)cc1C. The Hall–Kier alpha value is -1.35. The lowest BCUT2D eigenvalue weighted by Crippen LogP contribution is -2.30. The van der Waals surface area contributed by atoms with E-state index in [2.05, 4.69) is 26.2 Å². The Labute approximate surface area is 98.0 Å². The van der Waals surface area contributed by atoms with Crippen LogP contribution in [0.5, 0.6) is 0 Å². The average molecular weight is 222 g/mol. The maximum absolute atomic E-state index is 11.1. The molecule has 90 valence electrons. The van der Waals surface area contributed by atoms with Gasteiger partial charge in [-0.25, -0.2) is 5.84 Å². The molecule has 0 heterocycles. The minimum Gasteiger partial charge on any atom is -0.290 e. The molecule has 0 radical (unpaired) electrons. The first-order chi connectivity index (χ1) is 7.60. The van der Waals surface area contributed by atoms with Crippen LogP contribution in [0.1, 0.15) is 48.7 Å². The largest absolute Gasteiger partial charge is 0.290 e. The van der Waals surface area contributed by atoms with Crippen molar-refractivity contribution in [3.63, 3.8) is 0 Å². The molecule has 0 atom stereocenters. The summed E-state index contributed by atoms with van der Waals surface area (Å²) in [5, 5.41) is 0. The van der Waals surface area contributed by atoms with Crippen molar-refractivity contribution in [2.24, 2.45) is 5.84 Å². The van der Waals surface area contributed by atoms with E-state index >= 15 is 0 Å². The van der Waals surface area contributed by atoms with Crippen LogP contribution in [0.2, 0.25) is 0 Å². The van der Waals surface area contributed by atoms with Gasteiger partial charge >= 0.3 is 0 Å². The van der Waals surface area contributed by atoms with E-state index in [1.807, 2.05) is 19.1 Å². The molecule has 1 rings (SSSR count). The molecule has 0 spiro atoms. The number of carbonyl (C=O) groups is 1. The summed E-state index contributed by atoms with van der Waals surface area (Å²) in [6.45, 7) is 8.33.